The second kappa shape index (κ2) is 9.61. The monoisotopic (exact) mass is 470 g/mol. The second-order valence-corrected chi connectivity index (χ2v) is 8.79. The third kappa shape index (κ3) is 6.01. The molecule has 3 rings (SSSR count). The molecule has 0 radical (unpaired) electrons. The molecule has 0 N–H and O–H groups in total. The fourth-order valence-corrected chi connectivity index (χ4v) is 4.52. The molecule has 0 bridgehead atoms. The second-order valence-electron chi connectivity index (χ2n) is 6.86. The maximum absolute atomic E-state index is 12.8. The van der Waals surface area contributed by atoms with Crippen molar-refractivity contribution in [3.63, 3.8) is 0 Å². The summed E-state index contributed by atoms with van der Waals surface area (Å²) in [5, 5.41) is 0. The van der Waals surface area contributed by atoms with E-state index in [2.05, 4.69) is 4.74 Å². The first-order chi connectivity index (χ1) is 15.1. The number of hydrogen-bond acceptors (Lipinski definition) is 5. The number of benzene rings is 2. The largest absolute Gasteiger partial charge is 0.573 e. The lowest BCUT2D eigenvalue weighted by molar-refractivity contribution is -0.274. The summed E-state index contributed by atoms with van der Waals surface area (Å²) < 4.78 is 72.3. The van der Waals surface area contributed by atoms with Crippen LogP contribution in [0.1, 0.15) is 5.56 Å². The minimum atomic E-state index is -4.86. The number of ether oxygens (including phenoxy) is 2. The number of carbonyl (C=O) groups excluding carboxylic acids is 1. The standard InChI is InChI=1S/C21H21F3N2O5S/c1-30-17-5-2-16(3-6-17)4-11-20(27)25-12-14-26(15-13-25)32(28,29)19-9-7-18(8-10-19)31-21(22,23)24/h2-11H,12-15H2,1H3/b11-4+. The number of methoxy groups -OCH3 is 1. The van der Waals surface area contributed by atoms with Crippen LogP contribution in [0, 0.1) is 0 Å². The lowest BCUT2D eigenvalue weighted by atomic mass is 10.2. The highest BCUT2D eigenvalue weighted by Crippen LogP contribution is 2.25. The zero-order valence-corrected chi connectivity index (χ0v) is 17.9. The van der Waals surface area contributed by atoms with E-state index in [1.54, 1.807) is 37.5 Å². The van der Waals surface area contributed by atoms with Gasteiger partial charge in [0.15, 0.2) is 0 Å². The van der Waals surface area contributed by atoms with Crippen molar-refractivity contribution in [3.8, 4) is 11.5 Å². The molecule has 11 heteroatoms. The molecule has 0 spiro atoms. The third-order valence-electron chi connectivity index (χ3n) is 4.78. The maximum atomic E-state index is 12.8. The average Bonchev–Trinajstić information content (AvgIpc) is 2.77. The van der Waals surface area contributed by atoms with E-state index < -0.39 is 22.1 Å². The van der Waals surface area contributed by atoms with Crippen LogP contribution in [0.25, 0.3) is 6.08 Å². The topological polar surface area (TPSA) is 76.2 Å². The summed E-state index contributed by atoms with van der Waals surface area (Å²) in [7, 11) is -2.34. The van der Waals surface area contributed by atoms with Crippen LogP contribution in [-0.2, 0) is 14.8 Å². The number of hydrogen-bond donors (Lipinski definition) is 0. The SMILES string of the molecule is COc1ccc(/C=C/C(=O)N2CCN(S(=O)(=O)c3ccc(OC(F)(F)F)cc3)CC2)cc1. The summed E-state index contributed by atoms with van der Waals surface area (Å²) in [5.74, 6) is -0.0460. The van der Waals surface area contributed by atoms with Crippen molar-refractivity contribution >= 4 is 22.0 Å². The van der Waals surface area contributed by atoms with E-state index in [0.29, 0.717) is 5.75 Å². The van der Waals surface area contributed by atoms with Crippen molar-refractivity contribution in [1.82, 2.24) is 9.21 Å². The summed E-state index contributed by atoms with van der Waals surface area (Å²) in [5.41, 5.74) is 0.818. The predicted octanol–water partition coefficient (Wildman–Crippen LogP) is 3.14. The number of piperazine rings is 1. The van der Waals surface area contributed by atoms with E-state index in [1.807, 2.05) is 0 Å². The fourth-order valence-electron chi connectivity index (χ4n) is 3.10. The Labute approximate surface area is 183 Å². The van der Waals surface area contributed by atoms with Crippen LogP contribution in [0.3, 0.4) is 0 Å². The van der Waals surface area contributed by atoms with Crippen LogP contribution < -0.4 is 9.47 Å². The Morgan fingerprint density at radius 1 is 0.938 bits per heavy atom. The van der Waals surface area contributed by atoms with Crippen LogP contribution in [0.5, 0.6) is 11.5 Å². The molecule has 0 saturated carbocycles. The predicted molar refractivity (Wildman–Crippen MR) is 110 cm³/mol. The molecule has 2 aromatic rings. The molecule has 0 unspecified atom stereocenters. The van der Waals surface area contributed by atoms with Gasteiger partial charge in [-0.05, 0) is 48.0 Å². The highest BCUT2D eigenvalue weighted by molar-refractivity contribution is 7.89. The van der Waals surface area contributed by atoms with Crippen LogP contribution in [0.4, 0.5) is 13.2 Å². The number of rotatable bonds is 6. The maximum Gasteiger partial charge on any atom is 0.573 e. The Balaban J connectivity index is 1.58. The summed E-state index contributed by atoms with van der Waals surface area (Å²) in [6, 6.07) is 11.2. The van der Waals surface area contributed by atoms with Crippen molar-refractivity contribution in [1.29, 1.82) is 0 Å². The van der Waals surface area contributed by atoms with Crippen molar-refractivity contribution in [2.24, 2.45) is 0 Å². The molecule has 32 heavy (non-hydrogen) atoms. The lowest BCUT2D eigenvalue weighted by Gasteiger charge is -2.33. The molecule has 0 atom stereocenters. The zero-order chi connectivity index (χ0) is 23.4. The molecule has 0 aliphatic carbocycles. The molecule has 0 aromatic heterocycles. The fraction of sp³-hybridized carbons (Fsp3) is 0.286. The van der Waals surface area contributed by atoms with Gasteiger partial charge in [0.05, 0.1) is 12.0 Å². The normalized spacial score (nSPS) is 15.7. The quantitative estimate of drug-likeness (QED) is 0.607. The van der Waals surface area contributed by atoms with Gasteiger partial charge in [-0.1, -0.05) is 12.1 Å². The van der Waals surface area contributed by atoms with E-state index >= 15 is 0 Å². The Morgan fingerprint density at radius 3 is 2.03 bits per heavy atom. The van der Waals surface area contributed by atoms with Gasteiger partial charge < -0.3 is 14.4 Å². The highest BCUT2D eigenvalue weighted by Gasteiger charge is 2.32. The van der Waals surface area contributed by atoms with E-state index in [0.717, 1.165) is 29.8 Å². The Hall–Kier alpha value is -3.05. The van der Waals surface area contributed by atoms with Gasteiger partial charge in [-0.3, -0.25) is 4.79 Å². The van der Waals surface area contributed by atoms with Gasteiger partial charge in [0.25, 0.3) is 0 Å². The van der Waals surface area contributed by atoms with Gasteiger partial charge in [-0.25, -0.2) is 8.42 Å². The smallest absolute Gasteiger partial charge is 0.497 e. The van der Waals surface area contributed by atoms with Gasteiger partial charge in [-0.2, -0.15) is 4.31 Å². The van der Waals surface area contributed by atoms with E-state index in [1.165, 1.54) is 15.3 Å². The average molecular weight is 470 g/mol. The lowest BCUT2D eigenvalue weighted by Crippen LogP contribution is -2.50. The molecular weight excluding hydrogens is 449 g/mol. The molecule has 7 nitrogen and oxygen atoms in total. The first-order valence-electron chi connectivity index (χ1n) is 9.55. The van der Waals surface area contributed by atoms with Crippen LogP contribution >= 0.6 is 0 Å². The molecular formula is C21H21F3N2O5S. The van der Waals surface area contributed by atoms with Gasteiger partial charge in [0, 0.05) is 32.3 Å². The number of amides is 1. The van der Waals surface area contributed by atoms with Crippen LogP contribution in [0.15, 0.2) is 59.5 Å². The van der Waals surface area contributed by atoms with Gasteiger partial charge >= 0.3 is 6.36 Å². The molecule has 1 fully saturated rings. The first kappa shape index (κ1) is 23.6. The summed E-state index contributed by atoms with van der Waals surface area (Å²) in [6.07, 6.45) is -1.77. The molecule has 1 aliphatic heterocycles. The number of carbonyl (C=O) groups is 1. The molecule has 1 aliphatic rings. The number of sulfonamides is 1. The molecule has 1 amide bonds. The number of halogens is 3. The third-order valence-corrected chi connectivity index (χ3v) is 6.69. The van der Waals surface area contributed by atoms with Crippen molar-refractivity contribution in [2.45, 2.75) is 11.3 Å². The number of alkyl halides is 3. The summed E-state index contributed by atoms with van der Waals surface area (Å²) in [4.78, 5) is 13.8. The van der Waals surface area contributed by atoms with E-state index in [4.69, 9.17) is 4.74 Å². The number of nitrogens with zero attached hydrogens (tertiary/aromatic N) is 2. The molecule has 1 heterocycles. The van der Waals surface area contributed by atoms with Crippen molar-refractivity contribution < 1.29 is 35.9 Å². The van der Waals surface area contributed by atoms with E-state index in [-0.39, 0.29) is 37.0 Å². The Kier molecular flexibility index (Phi) is 7.09. The zero-order valence-electron chi connectivity index (χ0n) is 17.1. The highest BCUT2D eigenvalue weighted by atomic mass is 32.2. The molecule has 172 valence electrons. The summed E-state index contributed by atoms with van der Waals surface area (Å²) >= 11 is 0. The summed E-state index contributed by atoms with van der Waals surface area (Å²) in [6.45, 7) is 0.539. The van der Waals surface area contributed by atoms with Crippen molar-refractivity contribution in [3.05, 3.63) is 60.2 Å². The molecule has 1 saturated heterocycles. The first-order valence-corrected chi connectivity index (χ1v) is 11.0. The molecule has 2 aromatic carbocycles. The van der Waals surface area contributed by atoms with E-state index in [9.17, 15) is 26.4 Å². The van der Waals surface area contributed by atoms with Crippen LogP contribution in [0.2, 0.25) is 0 Å². The Bertz CT molecular complexity index is 1060. The van der Waals surface area contributed by atoms with Gasteiger partial charge in [0.1, 0.15) is 11.5 Å². The van der Waals surface area contributed by atoms with Gasteiger partial charge in [0.2, 0.25) is 15.9 Å². The minimum Gasteiger partial charge on any atom is -0.497 e. The van der Waals surface area contributed by atoms with Crippen LogP contribution in [-0.4, -0.2) is 63.2 Å². The van der Waals surface area contributed by atoms with Crippen molar-refractivity contribution in [2.75, 3.05) is 33.3 Å². The van der Waals surface area contributed by atoms with Gasteiger partial charge in [-0.15, -0.1) is 13.2 Å². The Morgan fingerprint density at radius 2 is 1.50 bits per heavy atom. The minimum absolute atomic E-state index is 0.0747.